The van der Waals surface area contributed by atoms with Crippen molar-refractivity contribution in [2.24, 2.45) is 0 Å². The van der Waals surface area contributed by atoms with Gasteiger partial charge < -0.3 is 4.98 Å². The molecular formula is C14H14Cl2N2O. The summed E-state index contributed by atoms with van der Waals surface area (Å²) in [6.45, 7) is 3.77. The second kappa shape index (κ2) is 5.76. The summed E-state index contributed by atoms with van der Waals surface area (Å²) in [6.07, 6.45) is 1.65. The monoisotopic (exact) mass is 296 g/mol. The predicted octanol–water partition coefficient (Wildman–Crippen LogP) is 4.00. The van der Waals surface area contributed by atoms with Crippen LogP contribution in [0.25, 0.3) is 11.3 Å². The van der Waals surface area contributed by atoms with E-state index in [4.69, 9.17) is 23.2 Å². The van der Waals surface area contributed by atoms with E-state index in [-0.39, 0.29) is 5.56 Å². The van der Waals surface area contributed by atoms with Crippen LogP contribution in [-0.2, 0) is 6.42 Å². The van der Waals surface area contributed by atoms with Gasteiger partial charge in [0.2, 0.25) is 0 Å². The maximum atomic E-state index is 11.9. The van der Waals surface area contributed by atoms with Crippen LogP contribution >= 0.6 is 23.2 Å². The lowest BCUT2D eigenvalue weighted by molar-refractivity contribution is 0.823. The standard InChI is InChI=1S/C14H14Cl2N2O/c1-3-4-12-17-13(8(2)14(19)18-12)10-6-5-9(15)7-11(10)16/h5-7H,3-4H2,1-2H3,(H,17,18,19). The third-order valence-corrected chi connectivity index (χ3v) is 3.42. The molecule has 0 atom stereocenters. The van der Waals surface area contributed by atoms with E-state index in [0.717, 1.165) is 18.4 Å². The molecule has 0 aliphatic carbocycles. The Balaban J connectivity index is 2.63. The molecule has 19 heavy (non-hydrogen) atoms. The molecule has 2 aromatic rings. The van der Waals surface area contributed by atoms with Crippen LogP contribution < -0.4 is 5.56 Å². The minimum absolute atomic E-state index is 0.125. The molecule has 0 saturated heterocycles. The van der Waals surface area contributed by atoms with Gasteiger partial charge in [-0.1, -0.05) is 30.1 Å². The minimum Gasteiger partial charge on any atom is -0.310 e. The highest BCUT2D eigenvalue weighted by molar-refractivity contribution is 6.36. The second-order valence-electron chi connectivity index (χ2n) is 4.36. The summed E-state index contributed by atoms with van der Waals surface area (Å²) < 4.78 is 0. The number of nitrogens with zero attached hydrogens (tertiary/aromatic N) is 1. The number of benzene rings is 1. The fraction of sp³-hybridized carbons (Fsp3) is 0.286. The van der Waals surface area contributed by atoms with Gasteiger partial charge in [0.25, 0.3) is 5.56 Å². The Morgan fingerprint density at radius 2 is 2.05 bits per heavy atom. The molecule has 0 aliphatic heterocycles. The van der Waals surface area contributed by atoms with Gasteiger partial charge in [-0.3, -0.25) is 4.79 Å². The number of hydrogen-bond acceptors (Lipinski definition) is 2. The quantitative estimate of drug-likeness (QED) is 0.930. The molecule has 0 spiro atoms. The summed E-state index contributed by atoms with van der Waals surface area (Å²) in [5.74, 6) is 0.680. The Labute approximate surface area is 121 Å². The molecule has 1 heterocycles. The number of nitrogens with one attached hydrogen (secondary N) is 1. The average molecular weight is 297 g/mol. The molecule has 1 aromatic carbocycles. The van der Waals surface area contributed by atoms with E-state index in [1.54, 1.807) is 25.1 Å². The predicted molar refractivity (Wildman–Crippen MR) is 79.0 cm³/mol. The zero-order valence-corrected chi connectivity index (χ0v) is 12.3. The van der Waals surface area contributed by atoms with Gasteiger partial charge in [0.1, 0.15) is 5.82 Å². The van der Waals surface area contributed by atoms with Crippen molar-refractivity contribution in [1.29, 1.82) is 0 Å². The van der Waals surface area contributed by atoms with E-state index >= 15 is 0 Å². The highest BCUT2D eigenvalue weighted by atomic mass is 35.5. The number of halogens is 2. The molecule has 0 saturated carbocycles. The zero-order valence-electron chi connectivity index (χ0n) is 10.8. The van der Waals surface area contributed by atoms with Crippen molar-refractivity contribution in [2.75, 3.05) is 0 Å². The van der Waals surface area contributed by atoms with Crippen molar-refractivity contribution in [3.05, 3.63) is 50.0 Å². The third kappa shape index (κ3) is 2.99. The highest BCUT2D eigenvalue weighted by Crippen LogP contribution is 2.30. The Morgan fingerprint density at radius 1 is 1.32 bits per heavy atom. The first-order valence-electron chi connectivity index (χ1n) is 6.08. The summed E-state index contributed by atoms with van der Waals surface area (Å²) in [7, 11) is 0. The first-order valence-corrected chi connectivity index (χ1v) is 6.83. The zero-order chi connectivity index (χ0) is 14.0. The van der Waals surface area contributed by atoms with Crippen molar-refractivity contribution in [2.45, 2.75) is 26.7 Å². The number of rotatable bonds is 3. The summed E-state index contributed by atoms with van der Waals surface area (Å²) in [4.78, 5) is 19.2. The molecule has 1 N–H and O–H groups in total. The lowest BCUT2D eigenvalue weighted by Crippen LogP contribution is -2.16. The SMILES string of the molecule is CCCc1nc(-c2ccc(Cl)cc2Cl)c(C)c(=O)[nH]1. The fourth-order valence-corrected chi connectivity index (χ4v) is 2.38. The lowest BCUT2D eigenvalue weighted by atomic mass is 10.1. The van der Waals surface area contributed by atoms with Gasteiger partial charge in [0.05, 0.1) is 10.7 Å². The van der Waals surface area contributed by atoms with Crippen molar-refractivity contribution in [1.82, 2.24) is 9.97 Å². The van der Waals surface area contributed by atoms with Crippen molar-refractivity contribution >= 4 is 23.2 Å². The number of H-pyrrole nitrogens is 1. The van der Waals surface area contributed by atoms with Gasteiger partial charge >= 0.3 is 0 Å². The second-order valence-corrected chi connectivity index (χ2v) is 5.20. The van der Waals surface area contributed by atoms with Crippen LogP contribution in [0.1, 0.15) is 24.7 Å². The molecular weight excluding hydrogens is 283 g/mol. The molecule has 0 bridgehead atoms. The lowest BCUT2D eigenvalue weighted by Gasteiger charge is -2.09. The Morgan fingerprint density at radius 3 is 2.68 bits per heavy atom. The van der Waals surface area contributed by atoms with Crippen molar-refractivity contribution < 1.29 is 0 Å². The van der Waals surface area contributed by atoms with Crippen LogP contribution in [0.4, 0.5) is 0 Å². The first-order chi connectivity index (χ1) is 9.02. The number of aromatic nitrogens is 2. The molecule has 1 aromatic heterocycles. The average Bonchev–Trinajstić information content (AvgIpc) is 2.34. The topological polar surface area (TPSA) is 45.8 Å². The molecule has 0 radical (unpaired) electrons. The van der Waals surface area contributed by atoms with Crippen LogP contribution in [0.3, 0.4) is 0 Å². The van der Waals surface area contributed by atoms with Crippen LogP contribution in [0.15, 0.2) is 23.0 Å². The van der Waals surface area contributed by atoms with Crippen molar-refractivity contribution in [3.63, 3.8) is 0 Å². The van der Waals surface area contributed by atoms with Gasteiger partial charge in [-0.2, -0.15) is 0 Å². The Hall–Kier alpha value is -1.32. The highest BCUT2D eigenvalue weighted by Gasteiger charge is 2.12. The summed E-state index contributed by atoms with van der Waals surface area (Å²) in [6, 6.07) is 5.18. The Bertz CT molecular complexity index is 665. The molecule has 0 unspecified atom stereocenters. The molecule has 0 amide bonds. The maximum absolute atomic E-state index is 11.9. The summed E-state index contributed by atoms with van der Waals surface area (Å²) >= 11 is 12.1. The normalized spacial score (nSPS) is 10.7. The Kier molecular flexibility index (Phi) is 4.27. The van der Waals surface area contributed by atoms with E-state index in [1.807, 2.05) is 6.92 Å². The first kappa shape index (κ1) is 14.1. The molecule has 2 rings (SSSR count). The summed E-state index contributed by atoms with van der Waals surface area (Å²) in [5, 5.41) is 1.06. The maximum Gasteiger partial charge on any atom is 0.254 e. The molecule has 3 nitrogen and oxygen atoms in total. The largest absolute Gasteiger partial charge is 0.310 e. The van der Waals surface area contributed by atoms with Crippen LogP contribution in [0.5, 0.6) is 0 Å². The van der Waals surface area contributed by atoms with E-state index in [9.17, 15) is 4.79 Å². The molecule has 100 valence electrons. The number of hydrogen-bond donors (Lipinski definition) is 1. The number of aryl methyl sites for hydroxylation is 1. The smallest absolute Gasteiger partial charge is 0.254 e. The van der Waals surface area contributed by atoms with Crippen molar-refractivity contribution in [3.8, 4) is 11.3 Å². The van der Waals surface area contributed by atoms with Crippen LogP contribution in [0.2, 0.25) is 10.0 Å². The fourth-order valence-electron chi connectivity index (χ4n) is 1.88. The van der Waals surface area contributed by atoms with Gasteiger partial charge in [0, 0.05) is 22.6 Å². The van der Waals surface area contributed by atoms with E-state index < -0.39 is 0 Å². The van der Waals surface area contributed by atoms with Gasteiger partial charge in [-0.05, 0) is 31.5 Å². The molecule has 5 heteroatoms. The molecule has 0 fully saturated rings. The van der Waals surface area contributed by atoms with E-state index in [2.05, 4.69) is 9.97 Å². The van der Waals surface area contributed by atoms with Gasteiger partial charge in [-0.15, -0.1) is 0 Å². The van der Waals surface area contributed by atoms with Crippen LogP contribution in [0, 0.1) is 6.92 Å². The van der Waals surface area contributed by atoms with E-state index in [1.165, 1.54) is 0 Å². The summed E-state index contributed by atoms with van der Waals surface area (Å²) in [5.41, 5.74) is 1.78. The molecule has 0 aliphatic rings. The number of aromatic amines is 1. The third-order valence-electron chi connectivity index (χ3n) is 2.87. The van der Waals surface area contributed by atoms with E-state index in [0.29, 0.717) is 27.1 Å². The van der Waals surface area contributed by atoms with Crippen LogP contribution in [-0.4, -0.2) is 9.97 Å². The van der Waals surface area contributed by atoms with Gasteiger partial charge in [0.15, 0.2) is 0 Å². The van der Waals surface area contributed by atoms with Gasteiger partial charge in [-0.25, -0.2) is 4.98 Å². The minimum atomic E-state index is -0.125.